The second-order valence-corrected chi connectivity index (χ2v) is 6.07. The fraction of sp³-hybridized carbons (Fsp3) is 0.143. The van der Waals surface area contributed by atoms with Crippen LogP contribution in [-0.4, -0.2) is 28.3 Å². The van der Waals surface area contributed by atoms with E-state index in [4.69, 9.17) is 0 Å². The number of carbonyl (C=O) groups is 2. The lowest BCUT2D eigenvalue weighted by Gasteiger charge is -2.08. The van der Waals surface area contributed by atoms with Crippen molar-refractivity contribution in [2.24, 2.45) is 0 Å². The smallest absolute Gasteiger partial charge is 0.269 e. The molecule has 7 heteroatoms. The Hall–Kier alpha value is -3.61. The predicted octanol–water partition coefficient (Wildman–Crippen LogP) is 2.52. The van der Waals surface area contributed by atoms with Crippen LogP contribution >= 0.6 is 0 Å². The molecule has 0 saturated heterocycles. The Bertz CT molecular complexity index is 963. The Balaban J connectivity index is 1.55. The van der Waals surface area contributed by atoms with Crippen molar-refractivity contribution in [2.75, 3.05) is 6.54 Å². The summed E-state index contributed by atoms with van der Waals surface area (Å²) >= 11 is 0. The average molecular weight is 378 g/mol. The molecular weight excluding hydrogens is 359 g/mol. The first-order valence-corrected chi connectivity index (χ1v) is 8.78. The van der Waals surface area contributed by atoms with Gasteiger partial charge in [0.1, 0.15) is 11.5 Å². The van der Waals surface area contributed by atoms with Crippen LogP contribution in [0.25, 0.3) is 0 Å². The zero-order valence-corrected chi connectivity index (χ0v) is 15.1. The molecule has 2 N–H and O–H groups in total. The summed E-state index contributed by atoms with van der Waals surface area (Å²) in [5.41, 5.74) is 1.86. The molecule has 2 amide bonds. The molecular formula is C21H19FN4O2. The molecule has 0 atom stereocenters. The summed E-state index contributed by atoms with van der Waals surface area (Å²) in [5, 5.41) is 5.46. The summed E-state index contributed by atoms with van der Waals surface area (Å²) < 4.78 is 13.6. The molecule has 0 aliphatic carbocycles. The largest absolute Gasteiger partial charge is 0.350 e. The summed E-state index contributed by atoms with van der Waals surface area (Å²) in [5.74, 6) is -1.04. The zero-order valence-electron chi connectivity index (χ0n) is 15.1. The van der Waals surface area contributed by atoms with Crippen molar-refractivity contribution in [1.29, 1.82) is 0 Å². The van der Waals surface area contributed by atoms with Crippen LogP contribution in [0.15, 0.2) is 67.1 Å². The quantitative estimate of drug-likeness (QED) is 0.662. The number of nitrogens with zero attached hydrogens (tertiary/aromatic N) is 2. The number of aromatic nitrogens is 2. The van der Waals surface area contributed by atoms with E-state index in [1.54, 1.807) is 36.7 Å². The highest BCUT2D eigenvalue weighted by Gasteiger charge is 2.12. The third kappa shape index (κ3) is 5.20. The molecule has 0 fully saturated rings. The maximum atomic E-state index is 13.6. The Morgan fingerprint density at radius 3 is 2.61 bits per heavy atom. The van der Waals surface area contributed by atoms with Gasteiger partial charge in [0.05, 0.1) is 0 Å². The highest BCUT2D eigenvalue weighted by atomic mass is 19.1. The lowest BCUT2D eigenvalue weighted by atomic mass is 10.1. The van der Waals surface area contributed by atoms with Crippen molar-refractivity contribution >= 4 is 11.8 Å². The number of rotatable bonds is 7. The number of amides is 2. The van der Waals surface area contributed by atoms with Crippen molar-refractivity contribution in [3.8, 4) is 0 Å². The van der Waals surface area contributed by atoms with Gasteiger partial charge in [0.2, 0.25) is 0 Å². The van der Waals surface area contributed by atoms with Gasteiger partial charge in [-0.15, -0.1) is 0 Å². The van der Waals surface area contributed by atoms with Crippen LogP contribution in [0.2, 0.25) is 0 Å². The first-order valence-electron chi connectivity index (χ1n) is 8.78. The van der Waals surface area contributed by atoms with Gasteiger partial charge in [-0.1, -0.05) is 24.3 Å². The number of hydrogen-bond acceptors (Lipinski definition) is 4. The van der Waals surface area contributed by atoms with E-state index in [0.29, 0.717) is 24.1 Å². The van der Waals surface area contributed by atoms with Crippen LogP contribution in [0.5, 0.6) is 0 Å². The summed E-state index contributed by atoms with van der Waals surface area (Å²) in [7, 11) is 0. The Kier molecular flexibility index (Phi) is 6.41. The van der Waals surface area contributed by atoms with Crippen molar-refractivity contribution in [3.05, 3.63) is 95.3 Å². The molecule has 142 valence electrons. The molecule has 0 saturated carbocycles. The molecule has 0 radical (unpaired) electrons. The Morgan fingerprint density at radius 1 is 0.964 bits per heavy atom. The van der Waals surface area contributed by atoms with Crippen molar-refractivity contribution in [2.45, 2.75) is 13.0 Å². The lowest BCUT2D eigenvalue weighted by molar-refractivity contribution is 0.0949. The fourth-order valence-electron chi connectivity index (χ4n) is 2.59. The number of benzene rings is 1. The van der Waals surface area contributed by atoms with E-state index in [2.05, 4.69) is 20.6 Å². The standard InChI is InChI=1S/C21H19FN4O2/c22-18-6-2-1-5-16(18)7-11-25-21(28)19-12-17(8-10-24-19)20(27)26-14-15-4-3-9-23-13-15/h1-6,8-10,12-13H,7,11,14H2,(H,25,28)(H,26,27). The number of carbonyl (C=O) groups excluding carboxylic acids is 2. The second-order valence-electron chi connectivity index (χ2n) is 6.07. The SMILES string of the molecule is O=C(NCc1cccnc1)c1ccnc(C(=O)NCCc2ccccc2F)c1. The average Bonchev–Trinajstić information content (AvgIpc) is 2.74. The lowest BCUT2D eigenvalue weighted by Crippen LogP contribution is -2.28. The van der Waals surface area contributed by atoms with Gasteiger partial charge in [0.15, 0.2) is 0 Å². The van der Waals surface area contributed by atoms with E-state index < -0.39 is 5.91 Å². The van der Waals surface area contributed by atoms with E-state index in [1.807, 2.05) is 6.07 Å². The molecule has 0 spiro atoms. The molecule has 0 bridgehead atoms. The monoisotopic (exact) mass is 378 g/mol. The molecule has 0 aliphatic heterocycles. The normalized spacial score (nSPS) is 10.3. The van der Waals surface area contributed by atoms with Gasteiger partial charge < -0.3 is 10.6 Å². The molecule has 28 heavy (non-hydrogen) atoms. The molecule has 0 aliphatic rings. The molecule has 1 aromatic carbocycles. The van der Waals surface area contributed by atoms with E-state index in [9.17, 15) is 14.0 Å². The topological polar surface area (TPSA) is 84.0 Å². The van der Waals surface area contributed by atoms with Crippen molar-refractivity contribution in [3.63, 3.8) is 0 Å². The third-order valence-corrected chi connectivity index (χ3v) is 4.07. The molecule has 6 nitrogen and oxygen atoms in total. The molecule has 0 unspecified atom stereocenters. The van der Waals surface area contributed by atoms with Gasteiger partial charge in [0, 0.05) is 37.2 Å². The predicted molar refractivity (Wildman–Crippen MR) is 102 cm³/mol. The maximum Gasteiger partial charge on any atom is 0.269 e. The summed E-state index contributed by atoms with van der Waals surface area (Å²) in [4.78, 5) is 32.6. The molecule has 2 aromatic heterocycles. The number of nitrogens with one attached hydrogen (secondary N) is 2. The first kappa shape index (κ1) is 19.2. The summed E-state index contributed by atoms with van der Waals surface area (Å²) in [6.45, 7) is 0.595. The van der Waals surface area contributed by atoms with E-state index >= 15 is 0 Å². The van der Waals surface area contributed by atoms with Crippen molar-refractivity contribution < 1.29 is 14.0 Å². The first-order chi connectivity index (χ1) is 13.6. The Morgan fingerprint density at radius 2 is 1.82 bits per heavy atom. The minimum absolute atomic E-state index is 0.127. The van der Waals surface area contributed by atoms with Gasteiger partial charge in [-0.3, -0.25) is 19.6 Å². The van der Waals surface area contributed by atoms with Gasteiger partial charge in [-0.25, -0.2) is 4.39 Å². The van der Waals surface area contributed by atoms with Crippen LogP contribution in [0.3, 0.4) is 0 Å². The minimum Gasteiger partial charge on any atom is -0.350 e. The van der Waals surface area contributed by atoms with Crippen molar-refractivity contribution in [1.82, 2.24) is 20.6 Å². The van der Waals surface area contributed by atoms with E-state index in [0.717, 1.165) is 5.56 Å². The minimum atomic E-state index is -0.418. The third-order valence-electron chi connectivity index (χ3n) is 4.07. The van der Waals surface area contributed by atoms with Gasteiger partial charge in [-0.05, 0) is 41.8 Å². The van der Waals surface area contributed by atoms with E-state index in [1.165, 1.54) is 24.4 Å². The Labute approximate surface area is 161 Å². The van der Waals surface area contributed by atoms with Gasteiger partial charge in [-0.2, -0.15) is 0 Å². The summed E-state index contributed by atoms with van der Waals surface area (Å²) in [6, 6.07) is 13.0. The van der Waals surface area contributed by atoms with Crippen LogP contribution in [0.1, 0.15) is 32.0 Å². The maximum absolute atomic E-state index is 13.6. The number of pyridine rings is 2. The number of halogens is 1. The molecule has 3 aromatic rings. The van der Waals surface area contributed by atoms with Crippen LogP contribution in [0.4, 0.5) is 4.39 Å². The molecule has 3 rings (SSSR count). The highest BCUT2D eigenvalue weighted by molar-refractivity contribution is 5.98. The van der Waals surface area contributed by atoms with Gasteiger partial charge in [0.25, 0.3) is 11.8 Å². The van der Waals surface area contributed by atoms with Crippen LogP contribution < -0.4 is 10.6 Å². The van der Waals surface area contributed by atoms with Gasteiger partial charge >= 0.3 is 0 Å². The van der Waals surface area contributed by atoms with E-state index in [-0.39, 0.29) is 24.0 Å². The van der Waals surface area contributed by atoms with Crippen LogP contribution in [0, 0.1) is 5.82 Å². The van der Waals surface area contributed by atoms with Crippen LogP contribution in [-0.2, 0) is 13.0 Å². The zero-order chi connectivity index (χ0) is 19.8. The number of hydrogen-bond donors (Lipinski definition) is 2. The summed E-state index contributed by atoms with van der Waals surface area (Å²) in [6.07, 6.45) is 5.10. The highest BCUT2D eigenvalue weighted by Crippen LogP contribution is 2.07. The second kappa shape index (κ2) is 9.36. The molecule has 2 heterocycles. The fourth-order valence-corrected chi connectivity index (χ4v) is 2.59.